The average molecular weight is 335 g/mol. The number of halogens is 4. The molecule has 0 spiro atoms. The van der Waals surface area contributed by atoms with Crippen molar-refractivity contribution in [2.75, 3.05) is 5.73 Å². The molecule has 0 amide bonds. The molecule has 0 unspecified atom stereocenters. The molecule has 4 N–H and O–H groups in total. The average Bonchev–Trinajstić information content (AvgIpc) is 2.06. The molecule has 0 aliphatic heterocycles. The lowest BCUT2D eigenvalue weighted by Crippen LogP contribution is -2.21. The highest BCUT2D eigenvalue weighted by atomic mass is 79.9. The molecule has 96 valence electrons. The SMILES string of the molecule is Nc1cc(S(N)(=O)=O)c(OC(F)(F)F)cc1Br. The first-order valence-electron chi connectivity index (χ1n) is 3.88. The predicted octanol–water partition coefficient (Wildman–Crippen LogP) is 1.58. The van der Waals surface area contributed by atoms with E-state index in [4.69, 9.17) is 10.9 Å². The lowest BCUT2D eigenvalue weighted by Gasteiger charge is -2.13. The molecule has 0 aromatic heterocycles. The summed E-state index contributed by atoms with van der Waals surface area (Å²) in [7, 11) is -4.37. The van der Waals surface area contributed by atoms with E-state index < -0.39 is 27.0 Å². The number of sulfonamides is 1. The highest BCUT2D eigenvalue weighted by Crippen LogP contribution is 2.34. The summed E-state index contributed by atoms with van der Waals surface area (Å²) in [5.74, 6) is -0.943. The number of nitrogen functional groups attached to an aromatic ring is 1. The largest absolute Gasteiger partial charge is 0.573 e. The van der Waals surface area contributed by atoms with Crippen LogP contribution in [-0.4, -0.2) is 14.8 Å². The van der Waals surface area contributed by atoms with Gasteiger partial charge >= 0.3 is 6.36 Å². The summed E-state index contributed by atoms with van der Waals surface area (Å²) in [5.41, 5.74) is 5.27. The molecular formula is C7H6BrF3N2O3S. The van der Waals surface area contributed by atoms with Crippen molar-refractivity contribution in [2.45, 2.75) is 11.3 Å². The fourth-order valence-electron chi connectivity index (χ4n) is 0.978. The molecule has 0 heterocycles. The Morgan fingerprint density at radius 2 is 1.82 bits per heavy atom. The summed E-state index contributed by atoms with van der Waals surface area (Å²) in [5, 5.41) is 4.75. The van der Waals surface area contributed by atoms with Crippen LogP contribution in [0.4, 0.5) is 18.9 Å². The first-order chi connectivity index (χ1) is 7.50. The Hall–Kier alpha value is -1.00. The molecule has 0 atom stereocenters. The van der Waals surface area contributed by atoms with Crippen LogP contribution in [0.3, 0.4) is 0 Å². The molecule has 0 saturated carbocycles. The standard InChI is InChI=1S/C7H6BrF3N2O3S/c8-3-1-5(16-7(9,10)11)6(2-4(3)12)17(13,14)15/h1-2H,12H2,(H2,13,14,15). The molecule has 5 nitrogen and oxygen atoms in total. The number of hydrogen-bond acceptors (Lipinski definition) is 4. The quantitative estimate of drug-likeness (QED) is 0.802. The molecule has 1 aromatic carbocycles. The number of primary sulfonamides is 1. The van der Waals surface area contributed by atoms with E-state index in [0.717, 1.165) is 12.1 Å². The van der Waals surface area contributed by atoms with Gasteiger partial charge in [-0.2, -0.15) is 0 Å². The first kappa shape index (κ1) is 14.1. The van der Waals surface area contributed by atoms with E-state index in [0.29, 0.717) is 0 Å². The Bertz CT molecular complexity index is 544. The van der Waals surface area contributed by atoms with Gasteiger partial charge in [0.1, 0.15) is 4.90 Å². The topological polar surface area (TPSA) is 95.4 Å². The maximum Gasteiger partial charge on any atom is 0.573 e. The van der Waals surface area contributed by atoms with Crippen LogP contribution in [0.25, 0.3) is 0 Å². The van der Waals surface area contributed by atoms with E-state index in [1.165, 1.54) is 0 Å². The van der Waals surface area contributed by atoms with E-state index in [2.05, 4.69) is 20.7 Å². The second-order valence-electron chi connectivity index (χ2n) is 2.91. The van der Waals surface area contributed by atoms with Crippen LogP contribution in [0.2, 0.25) is 0 Å². The van der Waals surface area contributed by atoms with Gasteiger partial charge < -0.3 is 10.5 Å². The smallest absolute Gasteiger partial charge is 0.404 e. The van der Waals surface area contributed by atoms with Crippen molar-refractivity contribution < 1.29 is 26.3 Å². The van der Waals surface area contributed by atoms with Crippen LogP contribution >= 0.6 is 15.9 Å². The van der Waals surface area contributed by atoms with E-state index >= 15 is 0 Å². The maximum absolute atomic E-state index is 12.0. The first-order valence-corrected chi connectivity index (χ1v) is 6.22. The number of benzene rings is 1. The minimum atomic E-state index is -5.03. The van der Waals surface area contributed by atoms with Crippen LogP contribution in [0.1, 0.15) is 0 Å². The van der Waals surface area contributed by atoms with Gasteiger partial charge in [0.05, 0.1) is 0 Å². The highest BCUT2D eigenvalue weighted by Gasteiger charge is 2.34. The number of anilines is 1. The second-order valence-corrected chi connectivity index (χ2v) is 5.30. The summed E-state index contributed by atoms with van der Waals surface area (Å²) in [4.78, 5) is -0.837. The van der Waals surface area contributed by atoms with E-state index in [1.807, 2.05) is 0 Å². The van der Waals surface area contributed by atoms with Crippen molar-refractivity contribution in [2.24, 2.45) is 5.14 Å². The Kier molecular flexibility index (Phi) is 3.60. The molecule has 0 aliphatic rings. The van der Waals surface area contributed by atoms with Crippen molar-refractivity contribution in [3.8, 4) is 5.75 Å². The molecule has 1 rings (SSSR count). The van der Waals surface area contributed by atoms with E-state index in [9.17, 15) is 21.6 Å². The lowest BCUT2D eigenvalue weighted by atomic mass is 10.3. The molecule has 0 bridgehead atoms. The molecule has 10 heteroatoms. The van der Waals surface area contributed by atoms with Crippen molar-refractivity contribution in [1.29, 1.82) is 0 Å². The molecule has 0 radical (unpaired) electrons. The van der Waals surface area contributed by atoms with Crippen molar-refractivity contribution >= 4 is 31.6 Å². The molecule has 17 heavy (non-hydrogen) atoms. The summed E-state index contributed by atoms with van der Waals surface area (Å²) < 4.78 is 61.8. The number of nitrogens with two attached hydrogens (primary N) is 2. The number of hydrogen-bond donors (Lipinski definition) is 2. The van der Waals surface area contributed by atoms with Gasteiger partial charge in [-0.05, 0) is 28.1 Å². The molecule has 1 aromatic rings. The fraction of sp³-hybridized carbons (Fsp3) is 0.143. The van der Waals surface area contributed by atoms with Gasteiger partial charge in [0.25, 0.3) is 0 Å². The van der Waals surface area contributed by atoms with Crippen molar-refractivity contribution in [3.63, 3.8) is 0 Å². The van der Waals surface area contributed by atoms with Gasteiger partial charge in [0, 0.05) is 10.2 Å². The zero-order chi connectivity index (χ0) is 13.4. The minimum Gasteiger partial charge on any atom is -0.404 e. The molecular weight excluding hydrogens is 329 g/mol. The molecule has 0 aliphatic carbocycles. The predicted molar refractivity (Wildman–Crippen MR) is 56.6 cm³/mol. The van der Waals surface area contributed by atoms with Gasteiger partial charge in [0.2, 0.25) is 10.0 Å². The minimum absolute atomic E-state index is 0.0594. The maximum atomic E-state index is 12.0. The second kappa shape index (κ2) is 4.35. The third-order valence-corrected chi connectivity index (χ3v) is 3.21. The van der Waals surface area contributed by atoms with Crippen LogP contribution < -0.4 is 15.6 Å². The summed E-state index contributed by atoms with van der Waals surface area (Å²) >= 11 is 2.85. The Balaban J connectivity index is 3.42. The number of alkyl halides is 3. The van der Waals surface area contributed by atoms with Crippen molar-refractivity contribution in [1.82, 2.24) is 0 Å². The summed E-state index contributed by atoms with van der Waals surface area (Å²) in [6.45, 7) is 0. The monoisotopic (exact) mass is 334 g/mol. The zero-order valence-electron chi connectivity index (χ0n) is 7.95. The molecule has 0 fully saturated rings. The van der Waals surface area contributed by atoms with Crippen LogP contribution in [0.15, 0.2) is 21.5 Å². The Labute approximate surface area is 103 Å². The highest BCUT2D eigenvalue weighted by molar-refractivity contribution is 9.10. The number of ether oxygens (including phenoxy) is 1. The summed E-state index contributed by atoms with van der Waals surface area (Å²) in [6.07, 6.45) is -5.03. The van der Waals surface area contributed by atoms with Crippen LogP contribution in [-0.2, 0) is 10.0 Å². The fourth-order valence-corrected chi connectivity index (χ4v) is 1.97. The normalized spacial score (nSPS) is 12.5. The van der Waals surface area contributed by atoms with Gasteiger partial charge in [-0.3, -0.25) is 0 Å². The lowest BCUT2D eigenvalue weighted by molar-refractivity contribution is -0.275. The zero-order valence-corrected chi connectivity index (χ0v) is 10.4. The van der Waals surface area contributed by atoms with Crippen LogP contribution in [0, 0.1) is 0 Å². The van der Waals surface area contributed by atoms with Crippen molar-refractivity contribution in [3.05, 3.63) is 16.6 Å². The Morgan fingerprint density at radius 3 is 2.24 bits per heavy atom. The van der Waals surface area contributed by atoms with Gasteiger partial charge in [-0.1, -0.05) is 0 Å². The van der Waals surface area contributed by atoms with E-state index in [-0.39, 0.29) is 10.2 Å². The van der Waals surface area contributed by atoms with Gasteiger partial charge in [0.15, 0.2) is 5.75 Å². The summed E-state index contributed by atoms with van der Waals surface area (Å²) in [6, 6.07) is 1.56. The van der Waals surface area contributed by atoms with Gasteiger partial charge in [-0.25, -0.2) is 13.6 Å². The molecule has 0 saturated heterocycles. The Morgan fingerprint density at radius 1 is 1.29 bits per heavy atom. The number of rotatable bonds is 2. The third kappa shape index (κ3) is 3.75. The van der Waals surface area contributed by atoms with E-state index in [1.54, 1.807) is 0 Å². The third-order valence-electron chi connectivity index (χ3n) is 1.60. The van der Waals surface area contributed by atoms with Crippen LogP contribution in [0.5, 0.6) is 5.75 Å². The van der Waals surface area contributed by atoms with Gasteiger partial charge in [-0.15, -0.1) is 13.2 Å².